The van der Waals surface area contributed by atoms with Gasteiger partial charge in [0.05, 0.1) is 32.4 Å². The minimum Gasteiger partial charge on any atom is -0.491 e. The SMILES string of the molecule is COCC1(C(=O)N2CCOc3cc(C(=O)NO)ccc3[C@@H]2C)COC1. The summed E-state index contributed by atoms with van der Waals surface area (Å²) in [5, 5.41) is 8.77. The molecule has 0 unspecified atom stereocenters. The zero-order valence-corrected chi connectivity index (χ0v) is 14.3. The fraction of sp³-hybridized carbons (Fsp3) is 0.529. The molecule has 1 aromatic carbocycles. The number of methoxy groups -OCH3 is 1. The van der Waals surface area contributed by atoms with E-state index >= 15 is 0 Å². The fourth-order valence-electron chi connectivity index (χ4n) is 3.30. The molecule has 1 saturated heterocycles. The van der Waals surface area contributed by atoms with Gasteiger partial charge in [0.15, 0.2) is 0 Å². The van der Waals surface area contributed by atoms with E-state index < -0.39 is 11.3 Å². The summed E-state index contributed by atoms with van der Waals surface area (Å²) in [7, 11) is 1.57. The molecule has 2 amide bonds. The molecule has 3 rings (SSSR count). The van der Waals surface area contributed by atoms with E-state index in [9.17, 15) is 9.59 Å². The molecule has 0 aromatic heterocycles. The third-order valence-electron chi connectivity index (χ3n) is 4.78. The minimum absolute atomic E-state index is 0.0123. The average Bonchev–Trinajstić information content (AvgIpc) is 2.75. The van der Waals surface area contributed by atoms with Gasteiger partial charge in [0.2, 0.25) is 5.91 Å². The molecule has 2 heterocycles. The Morgan fingerprint density at radius 1 is 1.44 bits per heavy atom. The van der Waals surface area contributed by atoms with Gasteiger partial charge in [-0.25, -0.2) is 5.48 Å². The zero-order chi connectivity index (χ0) is 18.0. The maximum absolute atomic E-state index is 13.1. The molecule has 2 aliphatic rings. The van der Waals surface area contributed by atoms with Crippen LogP contribution in [0.1, 0.15) is 28.9 Å². The molecule has 1 atom stereocenters. The van der Waals surface area contributed by atoms with Crippen LogP contribution in [0.3, 0.4) is 0 Å². The van der Waals surface area contributed by atoms with Gasteiger partial charge in [0, 0.05) is 18.2 Å². The number of hydroxylamine groups is 1. The van der Waals surface area contributed by atoms with Crippen molar-refractivity contribution in [1.82, 2.24) is 10.4 Å². The van der Waals surface area contributed by atoms with Gasteiger partial charge in [-0.1, -0.05) is 6.07 Å². The molecule has 0 bridgehead atoms. The monoisotopic (exact) mass is 350 g/mol. The van der Waals surface area contributed by atoms with E-state index in [0.29, 0.717) is 38.7 Å². The summed E-state index contributed by atoms with van der Waals surface area (Å²) < 4.78 is 16.2. The third-order valence-corrected chi connectivity index (χ3v) is 4.78. The van der Waals surface area contributed by atoms with Gasteiger partial charge in [-0.2, -0.15) is 0 Å². The van der Waals surface area contributed by atoms with E-state index in [2.05, 4.69) is 0 Å². The molecule has 25 heavy (non-hydrogen) atoms. The molecule has 2 N–H and O–H groups in total. The second-order valence-electron chi connectivity index (χ2n) is 6.42. The third kappa shape index (κ3) is 3.08. The number of hydrogen-bond acceptors (Lipinski definition) is 6. The van der Waals surface area contributed by atoms with E-state index in [1.807, 2.05) is 6.92 Å². The average molecular weight is 350 g/mol. The summed E-state index contributed by atoms with van der Waals surface area (Å²) >= 11 is 0. The molecular formula is C17H22N2O6. The van der Waals surface area contributed by atoms with Crippen LogP contribution in [-0.2, 0) is 14.3 Å². The second-order valence-corrected chi connectivity index (χ2v) is 6.42. The standard InChI is InChI=1S/C17H22N2O6/c1-11-13-4-3-12(15(20)18-22)7-14(13)25-6-5-19(11)16(21)17(8-23-2)9-24-10-17/h3-4,7,11,22H,5-6,8-10H2,1-2H3,(H,18,20)/t11-/m0/s1. The molecule has 0 saturated carbocycles. The molecular weight excluding hydrogens is 328 g/mol. The number of carbonyl (C=O) groups is 2. The number of amides is 2. The number of carbonyl (C=O) groups excluding carboxylic acids is 2. The van der Waals surface area contributed by atoms with Crippen LogP contribution < -0.4 is 10.2 Å². The Balaban J connectivity index is 1.87. The Kier molecular flexibility index (Phi) is 4.94. The molecule has 0 aliphatic carbocycles. The Hall–Kier alpha value is -2.16. The molecule has 8 heteroatoms. The fourth-order valence-corrected chi connectivity index (χ4v) is 3.30. The smallest absolute Gasteiger partial charge is 0.274 e. The highest BCUT2D eigenvalue weighted by atomic mass is 16.5. The van der Waals surface area contributed by atoms with Crippen LogP contribution in [0.2, 0.25) is 0 Å². The highest BCUT2D eigenvalue weighted by molar-refractivity contribution is 5.94. The van der Waals surface area contributed by atoms with Crippen molar-refractivity contribution < 1.29 is 29.0 Å². The van der Waals surface area contributed by atoms with Crippen molar-refractivity contribution in [1.29, 1.82) is 0 Å². The molecule has 136 valence electrons. The Bertz CT molecular complexity index is 673. The van der Waals surface area contributed by atoms with Crippen LogP contribution in [0.5, 0.6) is 5.75 Å². The van der Waals surface area contributed by atoms with Crippen LogP contribution in [-0.4, -0.2) is 62.0 Å². The van der Waals surface area contributed by atoms with Crippen LogP contribution in [0.25, 0.3) is 0 Å². The maximum Gasteiger partial charge on any atom is 0.274 e. The van der Waals surface area contributed by atoms with Gasteiger partial charge in [0.25, 0.3) is 5.91 Å². The van der Waals surface area contributed by atoms with Crippen LogP contribution in [0.15, 0.2) is 18.2 Å². The quantitative estimate of drug-likeness (QED) is 0.614. The van der Waals surface area contributed by atoms with Crippen molar-refractivity contribution in [3.63, 3.8) is 0 Å². The molecule has 1 aromatic rings. The summed E-state index contributed by atoms with van der Waals surface area (Å²) in [6.45, 7) is 3.70. The predicted octanol–water partition coefficient (Wildman–Crippen LogP) is 0.751. The number of nitrogens with one attached hydrogen (secondary N) is 1. The van der Waals surface area contributed by atoms with Gasteiger partial charge in [-0.15, -0.1) is 0 Å². The largest absolute Gasteiger partial charge is 0.491 e. The maximum atomic E-state index is 13.1. The lowest BCUT2D eigenvalue weighted by atomic mass is 9.84. The summed E-state index contributed by atoms with van der Waals surface area (Å²) in [5.41, 5.74) is 2.07. The highest BCUT2D eigenvalue weighted by Gasteiger charge is 2.49. The van der Waals surface area contributed by atoms with Gasteiger partial charge in [-0.3, -0.25) is 14.8 Å². The molecule has 0 spiro atoms. The van der Waals surface area contributed by atoms with Crippen molar-refractivity contribution in [3.8, 4) is 5.75 Å². The number of fused-ring (bicyclic) bond motifs is 1. The van der Waals surface area contributed by atoms with Crippen molar-refractivity contribution in [3.05, 3.63) is 29.3 Å². The molecule has 1 fully saturated rings. The van der Waals surface area contributed by atoms with Crippen LogP contribution in [0, 0.1) is 5.41 Å². The van der Waals surface area contributed by atoms with E-state index in [-0.39, 0.29) is 17.5 Å². The molecule has 0 radical (unpaired) electrons. The van der Waals surface area contributed by atoms with Crippen molar-refractivity contribution in [2.24, 2.45) is 5.41 Å². The van der Waals surface area contributed by atoms with E-state index in [1.165, 1.54) is 0 Å². The second kappa shape index (κ2) is 6.99. The summed E-state index contributed by atoms with van der Waals surface area (Å²) in [6, 6.07) is 4.69. The Morgan fingerprint density at radius 2 is 2.20 bits per heavy atom. The Labute approximate surface area is 145 Å². The summed E-state index contributed by atoms with van der Waals surface area (Å²) in [4.78, 5) is 26.5. The first-order chi connectivity index (χ1) is 12.0. The van der Waals surface area contributed by atoms with Gasteiger partial charge >= 0.3 is 0 Å². The number of rotatable bonds is 4. The van der Waals surface area contributed by atoms with Crippen LogP contribution in [0.4, 0.5) is 0 Å². The number of benzene rings is 1. The topological polar surface area (TPSA) is 97.3 Å². The summed E-state index contributed by atoms with van der Waals surface area (Å²) in [5.74, 6) is -0.0850. The molecule has 2 aliphatic heterocycles. The summed E-state index contributed by atoms with van der Waals surface area (Å²) in [6.07, 6.45) is 0. The first kappa shape index (κ1) is 17.7. The van der Waals surface area contributed by atoms with E-state index in [1.54, 1.807) is 35.7 Å². The molecule has 8 nitrogen and oxygen atoms in total. The van der Waals surface area contributed by atoms with E-state index in [0.717, 1.165) is 5.56 Å². The first-order valence-corrected chi connectivity index (χ1v) is 8.11. The van der Waals surface area contributed by atoms with Gasteiger partial charge < -0.3 is 19.1 Å². The van der Waals surface area contributed by atoms with Crippen LogP contribution >= 0.6 is 0 Å². The lowest BCUT2D eigenvalue weighted by Crippen LogP contribution is -2.58. The number of hydrogen-bond donors (Lipinski definition) is 2. The number of ether oxygens (including phenoxy) is 3. The van der Waals surface area contributed by atoms with Crippen molar-refractivity contribution in [2.45, 2.75) is 13.0 Å². The van der Waals surface area contributed by atoms with Gasteiger partial charge in [0.1, 0.15) is 17.8 Å². The minimum atomic E-state index is -0.635. The first-order valence-electron chi connectivity index (χ1n) is 8.11. The van der Waals surface area contributed by atoms with Crippen molar-refractivity contribution >= 4 is 11.8 Å². The zero-order valence-electron chi connectivity index (χ0n) is 14.3. The predicted molar refractivity (Wildman–Crippen MR) is 86.4 cm³/mol. The lowest BCUT2D eigenvalue weighted by molar-refractivity contribution is -0.184. The highest BCUT2D eigenvalue weighted by Crippen LogP contribution is 2.37. The van der Waals surface area contributed by atoms with E-state index in [4.69, 9.17) is 19.4 Å². The lowest BCUT2D eigenvalue weighted by Gasteiger charge is -2.43. The number of nitrogens with zero attached hydrogens (tertiary/aromatic N) is 1. The Morgan fingerprint density at radius 3 is 2.80 bits per heavy atom. The van der Waals surface area contributed by atoms with Crippen molar-refractivity contribution in [2.75, 3.05) is 40.1 Å². The van der Waals surface area contributed by atoms with Gasteiger partial charge in [-0.05, 0) is 19.1 Å². The normalized spacial score (nSPS) is 21.4.